The zero-order valence-corrected chi connectivity index (χ0v) is 24.2. The summed E-state index contributed by atoms with van der Waals surface area (Å²) in [6, 6.07) is 13.6. The number of piperazine rings is 2. The number of hydrogen-bond acceptors (Lipinski definition) is 6. The molecule has 0 radical (unpaired) electrons. The second-order valence-corrected chi connectivity index (χ2v) is 13.5. The molecule has 8 rings (SSSR count). The summed E-state index contributed by atoms with van der Waals surface area (Å²) in [6.45, 7) is 7.78. The molecular weight excluding hydrogens is 532 g/mol. The van der Waals surface area contributed by atoms with Crippen molar-refractivity contribution in [2.24, 2.45) is 11.8 Å². The average Bonchev–Trinajstić information content (AvgIpc) is 3.66. The van der Waals surface area contributed by atoms with Crippen molar-refractivity contribution in [3.05, 3.63) is 59.7 Å². The monoisotopic (exact) mass is 568 g/mol. The second-order valence-electron chi connectivity index (χ2n) is 13.5. The highest BCUT2D eigenvalue weighted by molar-refractivity contribution is 6.01. The standard InChI is InChI=1S/C32H36N6O4/c1-15(2)23-27(41)37-21(25(39)35-23)13-31(17-9-5-7-11-19(17)33-29(31)37)32-14-22-26(40)36-24(16(3)4)28(42)38(22)30(32)34-20-12-8-6-10-18(20)32/h5-12,15-16,21-24,29-30,33-34H,13-14H2,1-4H3,(H,35,39)(H,36,40)/t21-,22-,23+,24+,29+,30+,31?,32?/m0/s1. The first-order chi connectivity index (χ1) is 20.1. The van der Waals surface area contributed by atoms with Gasteiger partial charge in [0.1, 0.15) is 36.5 Å². The van der Waals surface area contributed by atoms with Gasteiger partial charge in [0.15, 0.2) is 0 Å². The average molecular weight is 569 g/mol. The van der Waals surface area contributed by atoms with E-state index in [4.69, 9.17) is 0 Å². The van der Waals surface area contributed by atoms with Gasteiger partial charge in [-0.1, -0.05) is 64.1 Å². The van der Waals surface area contributed by atoms with Crippen molar-refractivity contribution < 1.29 is 19.2 Å². The Labute approximate surface area is 244 Å². The van der Waals surface area contributed by atoms with Crippen molar-refractivity contribution in [2.45, 2.75) is 87.9 Å². The molecule has 4 amide bonds. The Morgan fingerprint density at radius 3 is 1.38 bits per heavy atom. The number of nitrogens with zero attached hydrogens (tertiary/aromatic N) is 2. The molecule has 4 fully saturated rings. The van der Waals surface area contributed by atoms with E-state index in [9.17, 15) is 19.2 Å². The van der Waals surface area contributed by atoms with E-state index in [1.54, 1.807) is 9.80 Å². The van der Waals surface area contributed by atoms with E-state index in [2.05, 4.69) is 33.4 Å². The molecule has 0 spiro atoms. The molecule has 0 bridgehead atoms. The van der Waals surface area contributed by atoms with E-state index in [1.165, 1.54) is 0 Å². The van der Waals surface area contributed by atoms with Gasteiger partial charge in [-0.25, -0.2) is 0 Å². The van der Waals surface area contributed by atoms with Crippen molar-refractivity contribution in [3.63, 3.8) is 0 Å². The molecule has 4 saturated heterocycles. The van der Waals surface area contributed by atoms with E-state index < -0.39 is 47.3 Å². The summed E-state index contributed by atoms with van der Waals surface area (Å²) in [5.74, 6) is -0.654. The maximum absolute atomic E-state index is 14.2. The van der Waals surface area contributed by atoms with E-state index in [1.807, 2.05) is 64.1 Å². The van der Waals surface area contributed by atoms with Crippen molar-refractivity contribution in [1.29, 1.82) is 0 Å². The van der Waals surface area contributed by atoms with Crippen LogP contribution in [0.1, 0.15) is 51.7 Å². The van der Waals surface area contributed by atoms with Crippen molar-refractivity contribution in [1.82, 2.24) is 20.4 Å². The Balaban J connectivity index is 1.39. The number of rotatable bonds is 3. The third-order valence-electron chi connectivity index (χ3n) is 11.0. The van der Waals surface area contributed by atoms with Gasteiger partial charge in [0.2, 0.25) is 23.6 Å². The van der Waals surface area contributed by atoms with Crippen LogP contribution in [0.5, 0.6) is 0 Å². The number of benzene rings is 2. The van der Waals surface area contributed by atoms with Crippen LogP contribution in [-0.2, 0) is 30.0 Å². The summed E-state index contributed by atoms with van der Waals surface area (Å²) < 4.78 is 0. The van der Waals surface area contributed by atoms with Gasteiger partial charge in [-0.05, 0) is 47.9 Å². The van der Waals surface area contributed by atoms with Gasteiger partial charge < -0.3 is 31.1 Å². The minimum atomic E-state index is -0.803. The summed E-state index contributed by atoms with van der Waals surface area (Å²) in [5.41, 5.74) is 2.26. The minimum absolute atomic E-state index is 0.0734. The molecular formula is C32H36N6O4. The van der Waals surface area contributed by atoms with E-state index in [-0.39, 0.29) is 35.5 Å². The zero-order valence-electron chi connectivity index (χ0n) is 24.2. The first-order valence-electron chi connectivity index (χ1n) is 15.1. The van der Waals surface area contributed by atoms with Crippen LogP contribution in [0.15, 0.2) is 48.5 Å². The molecule has 10 nitrogen and oxygen atoms in total. The van der Waals surface area contributed by atoms with Crippen LogP contribution in [0.3, 0.4) is 0 Å². The molecule has 2 aromatic carbocycles. The van der Waals surface area contributed by atoms with Crippen molar-refractivity contribution in [2.75, 3.05) is 10.6 Å². The first-order valence-corrected chi connectivity index (χ1v) is 15.1. The zero-order chi connectivity index (χ0) is 29.3. The van der Waals surface area contributed by atoms with Gasteiger partial charge >= 0.3 is 0 Å². The summed E-state index contributed by atoms with van der Waals surface area (Å²) in [4.78, 5) is 59.5. The quantitative estimate of drug-likeness (QED) is 0.449. The molecule has 6 aliphatic heterocycles. The molecule has 8 atom stereocenters. The van der Waals surface area contributed by atoms with Crippen LogP contribution < -0.4 is 21.3 Å². The number of hydrogen-bond donors (Lipinski definition) is 4. The third-order valence-corrected chi connectivity index (χ3v) is 11.0. The lowest BCUT2D eigenvalue weighted by molar-refractivity contribution is -0.150. The van der Waals surface area contributed by atoms with Gasteiger partial charge in [-0.2, -0.15) is 0 Å². The molecule has 0 saturated carbocycles. The molecule has 2 unspecified atom stereocenters. The highest BCUT2D eigenvalue weighted by Gasteiger charge is 2.78. The Kier molecular flexibility index (Phi) is 5.04. The lowest BCUT2D eigenvalue weighted by atomic mass is 9.54. The largest absolute Gasteiger partial charge is 0.364 e. The van der Waals surface area contributed by atoms with E-state index >= 15 is 0 Å². The molecule has 4 N–H and O–H groups in total. The Morgan fingerprint density at radius 2 is 1.00 bits per heavy atom. The Morgan fingerprint density at radius 1 is 0.619 bits per heavy atom. The molecule has 218 valence electrons. The fraction of sp³-hybridized carbons (Fsp3) is 0.500. The molecule has 0 aromatic heterocycles. The van der Waals surface area contributed by atoms with Gasteiger partial charge in [0.05, 0.1) is 10.8 Å². The highest BCUT2D eigenvalue weighted by atomic mass is 16.2. The van der Waals surface area contributed by atoms with E-state index in [0.29, 0.717) is 12.8 Å². The lowest BCUT2D eigenvalue weighted by Gasteiger charge is -2.48. The summed E-state index contributed by atoms with van der Waals surface area (Å²) >= 11 is 0. The number of amides is 4. The van der Waals surface area contributed by atoms with Crippen LogP contribution >= 0.6 is 0 Å². The van der Waals surface area contributed by atoms with Gasteiger partial charge in [-0.15, -0.1) is 0 Å². The number of anilines is 2. The maximum Gasteiger partial charge on any atom is 0.247 e. The molecule has 42 heavy (non-hydrogen) atoms. The predicted octanol–water partition coefficient (Wildman–Crippen LogP) is 1.88. The summed E-state index contributed by atoms with van der Waals surface area (Å²) in [7, 11) is 0. The number of nitrogens with one attached hydrogen (secondary N) is 4. The number of carbonyl (C=O) groups is 4. The number of para-hydroxylation sites is 2. The summed E-state index contributed by atoms with van der Waals surface area (Å²) in [6.07, 6.45) is -0.313. The SMILES string of the molecule is CC(C)[C@H]1NC(=O)[C@@H]2CC3(C45C[C@H]6C(=O)N[C@H](C(C)C)C(=O)N6[C@H]4Nc4ccccc45)c4ccccc4N[C@@H]3N2C1=O. The minimum Gasteiger partial charge on any atom is -0.364 e. The van der Waals surface area contributed by atoms with Crippen LogP contribution in [0.4, 0.5) is 11.4 Å². The number of fused-ring (bicyclic) bond motifs is 11. The van der Waals surface area contributed by atoms with Crippen molar-refractivity contribution >= 4 is 35.0 Å². The second kappa shape index (κ2) is 8.26. The number of carbonyl (C=O) groups excluding carboxylic acids is 4. The van der Waals surface area contributed by atoms with Crippen molar-refractivity contribution in [3.8, 4) is 0 Å². The third kappa shape index (κ3) is 2.81. The normalized spacial score (nSPS) is 37.4. The fourth-order valence-corrected chi connectivity index (χ4v) is 9.23. The molecule has 6 heterocycles. The fourth-order valence-electron chi connectivity index (χ4n) is 9.23. The van der Waals surface area contributed by atoms with Gasteiger partial charge in [-0.3, -0.25) is 19.2 Å². The van der Waals surface area contributed by atoms with Gasteiger partial charge in [0, 0.05) is 11.4 Å². The Bertz CT molecular complexity index is 1460. The van der Waals surface area contributed by atoms with Gasteiger partial charge in [0.25, 0.3) is 0 Å². The lowest BCUT2D eigenvalue weighted by Crippen LogP contribution is -2.67. The maximum atomic E-state index is 14.2. The summed E-state index contributed by atoms with van der Waals surface area (Å²) in [5, 5.41) is 13.4. The topological polar surface area (TPSA) is 123 Å². The highest BCUT2D eigenvalue weighted by Crippen LogP contribution is 2.68. The molecule has 0 aliphatic carbocycles. The first kappa shape index (κ1) is 25.6. The van der Waals surface area contributed by atoms with Crippen LogP contribution in [0.2, 0.25) is 0 Å². The predicted molar refractivity (Wildman–Crippen MR) is 155 cm³/mol. The Hall–Kier alpha value is -4.08. The van der Waals surface area contributed by atoms with Crippen LogP contribution in [0.25, 0.3) is 0 Å². The smallest absolute Gasteiger partial charge is 0.247 e. The van der Waals surface area contributed by atoms with E-state index in [0.717, 1.165) is 22.5 Å². The molecule has 6 aliphatic rings. The van der Waals surface area contributed by atoms with Crippen LogP contribution in [-0.4, -0.2) is 69.9 Å². The van der Waals surface area contributed by atoms with Crippen LogP contribution in [0, 0.1) is 11.8 Å². The molecule has 10 heteroatoms. The molecule has 2 aromatic rings.